The van der Waals surface area contributed by atoms with E-state index in [0.717, 1.165) is 0 Å². The van der Waals surface area contributed by atoms with Gasteiger partial charge < -0.3 is 19.5 Å². The summed E-state index contributed by atoms with van der Waals surface area (Å²) in [4.78, 5) is 25.9. The standard InChI is InChI=1S/C17H21Cl2NO5/c1-17(2,3)25-16(23)20-7-10(11(8-20)15(22)24-4)9-5-12(18)13(19)6-14(9)21/h5-6,10-11,21H,7-8H2,1-4H3. The third kappa shape index (κ3) is 4.50. The first-order valence-electron chi connectivity index (χ1n) is 7.77. The number of likely N-dealkylation sites (tertiary alicyclic amines) is 1. The molecule has 1 amide bonds. The maximum atomic E-state index is 12.3. The molecule has 0 bridgehead atoms. The molecule has 2 atom stereocenters. The summed E-state index contributed by atoms with van der Waals surface area (Å²) in [6.45, 7) is 5.62. The molecule has 138 valence electrons. The van der Waals surface area contributed by atoms with Crippen molar-refractivity contribution in [3.05, 3.63) is 27.7 Å². The van der Waals surface area contributed by atoms with Crippen molar-refractivity contribution in [2.45, 2.75) is 32.3 Å². The van der Waals surface area contributed by atoms with Crippen molar-refractivity contribution in [1.82, 2.24) is 4.90 Å². The van der Waals surface area contributed by atoms with E-state index in [4.69, 9.17) is 32.7 Å². The van der Waals surface area contributed by atoms with Crippen LogP contribution in [0.5, 0.6) is 5.75 Å². The highest BCUT2D eigenvalue weighted by atomic mass is 35.5. The van der Waals surface area contributed by atoms with Gasteiger partial charge in [-0.15, -0.1) is 0 Å². The first-order valence-corrected chi connectivity index (χ1v) is 8.52. The quantitative estimate of drug-likeness (QED) is 0.777. The number of ether oxygens (including phenoxy) is 2. The fourth-order valence-electron chi connectivity index (χ4n) is 2.83. The lowest BCUT2D eigenvalue weighted by Gasteiger charge is -2.24. The zero-order chi connectivity index (χ0) is 18.9. The number of rotatable bonds is 2. The molecule has 25 heavy (non-hydrogen) atoms. The van der Waals surface area contributed by atoms with E-state index in [2.05, 4.69) is 0 Å². The van der Waals surface area contributed by atoms with E-state index in [1.807, 2.05) is 0 Å². The van der Waals surface area contributed by atoms with Gasteiger partial charge in [0.2, 0.25) is 0 Å². The highest BCUT2D eigenvalue weighted by Crippen LogP contribution is 2.41. The molecular weight excluding hydrogens is 369 g/mol. The molecule has 2 rings (SSSR count). The van der Waals surface area contributed by atoms with Gasteiger partial charge in [-0.1, -0.05) is 23.2 Å². The fraction of sp³-hybridized carbons (Fsp3) is 0.529. The average Bonchev–Trinajstić information content (AvgIpc) is 2.93. The summed E-state index contributed by atoms with van der Waals surface area (Å²) in [5.41, 5.74) is -0.211. The highest BCUT2D eigenvalue weighted by molar-refractivity contribution is 6.42. The van der Waals surface area contributed by atoms with Gasteiger partial charge >= 0.3 is 12.1 Å². The Morgan fingerprint density at radius 1 is 1.20 bits per heavy atom. The molecule has 6 nitrogen and oxygen atoms in total. The lowest BCUT2D eigenvalue weighted by molar-refractivity contribution is -0.145. The van der Waals surface area contributed by atoms with E-state index in [1.54, 1.807) is 20.8 Å². The van der Waals surface area contributed by atoms with E-state index in [1.165, 1.54) is 24.1 Å². The SMILES string of the molecule is COC(=O)C1CN(C(=O)OC(C)(C)C)CC1c1cc(Cl)c(Cl)cc1O. The Morgan fingerprint density at radius 3 is 2.36 bits per heavy atom. The van der Waals surface area contributed by atoms with Crippen LogP contribution in [0.3, 0.4) is 0 Å². The van der Waals surface area contributed by atoms with Crippen molar-refractivity contribution in [3.63, 3.8) is 0 Å². The number of amides is 1. The topological polar surface area (TPSA) is 76.1 Å². The van der Waals surface area contributed by atoms with Crippen molar-refractivity contribution < 1.29 is 24.2 Å². The predicted molar refractivity (Wildman–Crippen MR) is 94.2 cm³/mol. The maximum absolute atomic E-state index is 12.3. The van der Waals surface area contributed by atoms with Crippen molar-refractivity contribution >= 4 is 35.3 Å². The van der Waals surface area contributed by atoms with Crippen LogP contribution in [-0.4, -0.2) is 47.9 Å². The van der Waals surface area contributed by atoms with Gasteiger partial charge in [-0.3, -0.25) is 4.79 Å². The van der Waals surface area contributed by atoms with E-state index < -0.39 is 29.5 Å². The summed E-state index contributed by atoms with van der Waals surface area (Å²) in [7, 11) is 1.28. The summed E-state index contributed by atoms with van der Waals surface area (Å²) in [5, 5.41) is 10.7. The number of phenols is 1. The van der Waals surface area contributed by atoms with Gasteiger partial charge in [-0.2, -0.15) is 0 Å². The van der Waals surface area contributed by atoms with Crippen molar-refractivity contribution in [1.29, 1.82) is 0 Å². The van der Waals surface area contributed by atoms with Crippen LogP contribution in [0.4, 0.5) is 4.79 Å². The van der Waals surface area contributed by atoms with Crippen molar-refractivity contribution in [3.8, 4) is 5.75 Å². The molecule has 0 spiro atoms. The Kier molecular flexibility index (Phi) is 5.74. The molecule has 1 heterocycles. The molecule has 1 aliphatic rings. The minimum absolute atomic E-state index is 0.0839. The van der Waals surface area contributed by atoms with E-state index >= 15 is 0 Å². The van der Waals surface area contributed by atoms with Crippen molar-refractivity contribution in [2.24, 2.45) is 5.92 Å². The molecule has 0 saturated carbocycles. The largest absolute Gasteiger partial charge is 0.508 e. The van der Waals surface area contributed by atoms with Gasteiger partial charge in [-0.05, 0) is 26.8 Å². The van der Waals surface area contributed by atoms with Crippen LogP contribution in [0.2, 0.25) is 10.0 Å². The second-order valence-corrected chi connectivity index (χ2v) is 7.76. The van der Waals surface area contributed by atoms with Crippen LogP contribution in [-0.2, 0) is 14.3 Å². The maximum Gasteiger partial charge on any atom is 0.410 e. The highest BCUT2D eigenvalue weighted by Gasteiger charge is 2.43. The van der Waals surface area contributed by atoms with Crippen LogP contribution in [0.25, 0.3) is 0 Å². The summed E-state index contributed by atoms with van der Waals surface area (Å²) >= 11 is 11.9. The van der Waals surface area contributed by atoms with Crippen LogP contribution < -0.4 is 0 Å². The Morgan fingerprint density at radius 2 is 1.80 bits per heavy atom. The number of carbonyl (C=O) groups excluding carboxylic acids is 2. The molecular formula is C17H21Cl2NO5. The van der Waals surface area contributed by atoms with E-state index in [-0.39, 0.29) is 28.9 Å². The number of benzene rings is 1. The molecule has 0 radical (unpaired) electrons. The Balaban J connectivity index is 2.33. The zero-order valence-electron chi connectivity index (χ0n) is 14.5. The normalized spacial score (nSPS) is 20.5. The number of halogens is 2. The van der Waals surface area contributed by atoms with Gasteiger partial charge in [0.05, 0.1) is 23.1 Å². The lowest BCUT2D eigenvalue weighted by atomic mass is 9.88. The first-order chi connectivity index (χ1) is 11.5. The number of aromatic hydroxyl groups is 1. The minimum atomic E-state index is -0.651. The smallest absolute Gasteiger partial charge is 0.410 e. The Hall–Kier alpha value is -1.66. The average molecular weight is 390 g/mol. The molecule has 1 aromatic carbocycles. The predicted octanol–water partition coefficient (Wildman–Crippen LogP) is 3.82. The van der Waals surface area contributed by atoms with Gasteiger partial charge in [0, 0.05) is 30.6 Å². The summed E-state index contributed by atoms with van der Waals surface area (Å²) < 4.78 is 10.2. The van der Waals surface area contributed by atoms with Crippen molar-refractivity contribution in [2.75, 3.05) is 20.2 Å². The van der Waals surface area contributed by atoms with E-state index in [0.29, 0.717) is 5.56 Å². The van der Waals surface area contributed by atoms with Gasteiger partial charge in [0.15, 0.2) is 0 Å². The summed E-state index contributed by atoms with van der Waals surface area (Å²) in [6, 6.07) is 2.84. The zero-order valence-corrected chi connectivity index (χ0v) is 16.0. The number of carbonyl (C=O) groups is 2. The fourth-order valence-corrected chi connectivity index (χ4v) is 3.16. The van der Waals surface area contributed by atoms with Crippen LogP contribution in [0.1, 0.15) is 32.3 Å². The molecule has 1 saturated heterocycles. The molecule has 0 aromatic heterocycles. The molecule has 1 aromatic rings. The van der Waals surface area contributed by atoms with Crippen LogP contribution >= 0.6 is 23.2 Å². The number of hydrogen-bond donors (Lipinski definition) is 1. The Labute approximate surface area is 156 Å². The minimum Gasteiger partial charge on any atom is -0.508 e. The number of esters is 1. The Bertz CT molecular complexity index is 686. The summed E-state index contributed by atoms with van der Waals surface area (Å²) in [6.07, 6.45) is -0.525. The van der Waals surface area contributed by atoms with Crippen LogP contribution in [0, 0.1) is 5.92 Å². The molecule has 1 fully saturated rings. The van der Waals surface area contributed by atoms with Crippen LogP contribution in [0.15, 0.2) is 12.1 Å². The molecule has 1 aliphatic heterocycles. The molecule has 0 aliphatic carbocycles. The third-order valence-corrected chi connectivity index (χ3v) is 4.67. The lowest BCUT2D eigenvalue weighted by Crippen LogP contribution is -2.36. The monoisotopic (exact) mass is 389 g/mol. The van der Waals surface area contributed by atoms with E-state index in [9.17, 15) is 14.7 Å². The van der Waals surface area contributed by atoms with Gasteiger partial charge in [0.1, 0.15) is 11.4 Å². The third-order valence-electron chi connectivity index (χ3n) is 3.94. The second-order valence-electron chi connectivity index (χ2n) is 6.95. The van der Waals surface area contributed by atoms with Gasteiger partial charge in [0.25, 0.3) is 0 Å². The summed E-state index contributed by atoms with van der Waals surface area (Å²) in [5.74, 6) is -1.67. The molecule has 2 unspecified atom stereocenters. The number of hydrogen-bond acceptors (Lipinski definition) is 5. The number of methoxy groups -OCH3 is 1. The second kappa shape index (κ2) is 7.30. The number of nitrogens with zero attached hydrogens (tertiary/aromatic N) is 1. The van der Waals surface area contributed by atoms with Gasteiger partial charge in [-0.25, -0.2) is 4.79 Å². The molecule has 1 N–H and O–H groups in total. The first kappa shape index (κ1) is 19.7. The number of phenolic OH excluding ortho intramolecular Hbond substituents is 1. The molecule has 8 heteroatoms.